The van der Waals surface area contributed by atoms with E-state index in [0.29, 0.717) is 25.6 Å². The van der Waals surface area contributed by atoms with Gasteiger partial charge in [-0.1, -0.05) is 0 Å². The molecule has 6 heteroatoms. The molecule has 1 aromatic rings. The minimum Gasteiger partial charge on any atom is -0.378 e. The zero-order valence-electron chi connectivity index (χ0n) is 12.7. The lowest BCUT2D eigenvalue weighted by molar-refractivity contribution is -0.116. The monoisotopic (exact) mass is 290 g/mol. The first-order valence-corrected chi connectivity index (χ1v) is 7.61. The average Bonchev–Trinajstić information content (AvgIpc) is 3.27. The molecule has 1 saturated heterocycles. The predicted octanol–water partition coefficient (Wildman–Crippen LogP) is 1.67. The molecule has 0 bridgehead atoms. The Balaban J connectivity index is 1.73. The third-order valence-electron chi connectivity index (χ3n) is 3.99. The van der Waals surface area contributed by atoms with Crippen LogP contribution in [0.5, 0.6) is 0 Å². The van der Waals surface area contributed by atoms with Crippen LogP contribution in [-0.2, 0) is 9.53 Å². The molecule has 1 aromatic heterocycles. The summed E-state index contributed by atoms with van der Waals surface area (Å²) in [5.41, 5.74) is 2.42. The number of carbonyl (C=O) groups is 1. The number of rotatable bonds is 4. The molecule has 2 heterocycles. The van der Waals surface area contributed by atoms with Gasteiger partial charge in [0.1, 0.15) is 0 Å². The maximum absolute atomic E-state index is 12.0. The van der Waals surface area contributed by atoms with Crippen molar-refractivity contribution < 1.29 is 9.53 Å². The van der Waals surface area contributed by atoms with Crippen molar-refractivity contribution in [2.75, 3.05) is 36.5 Å². The summed E-state index contributed by atoms with van der Waals surface area (Å²) in [5, 5.41) is 2.97. The van der Waals surface area contributed by atoms with Crippen LogP contribution >= 0.6 is 0 Å². The molecule has 6 nitrogen and oxygen atoms in total. The van der Waals surface area contributed by atoms with Crippen molar-refractivity contribution in [3.05, 3.63) is 11.4 Å². The zero-order valence-corrected chi connectivity index (χ0v) is 12.7. The summed E-state index contributed by atoms with van der Waals surface area (Å²) >= 11 is 0. The van der Waals surface area contributed by atoms with Gasteiger partial charge < -0.3 is 15.0 Å². The van der Waals surface area contributed by atoms with Crippen LogP contribution in [0.3, 0.4) is 0 Å². The number of aromatic nitrogens is 2. The zero-order chi connectivity index (χ0) is 14.8. The molecule has 114 valence electrons. The molecule has 2 fully saturated rings. The normalized spacial score (nSPS) is 18.7. The molecule has 1 aliphatic heterocycles. The van der Waals surface area contributed by atoms with Gasteiger partial charge in [-0.25, -0.2) is 9.97 Å². The van der Waals surface area contributed by atoms with Crippen molar-refractivity contribution in [3.8, 4) is 0 Å². The van der Waals surface area contributed by atoms with Gasteiger partial charge in [0.05, 0.1) is 30.3 Å². The number of morpholine rings is 1. The van der Waals surface area contributed by atoms with Crippen molar-refractivity contribution in [2.45, 2.75) is 33.1 Å². The molecule has 0 aromatic carbocycles. The second kappa shape index (κ2) is 5.97. The predicted molar refractivity (Wildman–Crippen MR) is 80.5 cm³/mol. The van der Waals surface area contributed by atoms with E-state index in [2.05, 4.69) is 20.2 Å². The van der Waals surface area contributed by atoms with Crippen LogP contribution in [0, 0.1) is 19.8 Å². The Labute approximate surface area is 124 Å². The lowest BCUT2D eigenvalue weighted by Gasteiger charge is -2.27. The fourth-order valence-electron chi connectivity index (χ4n) is 2.56. The van der Waals surface area contributed by atoms with Gasteiger partial charge in [-0.15, -0.1) is 0 Å². The molecule has 1 aliphatic carbocycles. The Kier molecular flexibility index (Phi) is 4.05. The van der Waals surface area contributed by atoms with E-state index in [1.165, 1.54) is 12.8 Å². The van der Waals surface area contributed by atoms with Crippen LogP contribution in [0.2, 0.25) is 0 Å². The number of ether oxygens (including phenoxy) is 1. The summed E-state index contributed by atoms with van der Waals surface area (Å²) in [6.45, 7) is 6.89. The largest absolute Gasteiger partial charge is 0.378 e. The van der Waals surface area contributed by atoms with Crippen LogP contribution in [0.4, 0.5) is 11.6 Å². The second-order valence-corrected chi connectivity index (χ2v) is 5.86. The van der Waals surface area contributed by atoms with Gasteiger partial charge in [0, 0.05) is 19.5 Å². The van der Waals surface area contributed by atoms with Gasteiger partial charge >= 0.3 is 0 Å². The number of nitrogens with zero attached hydrogens (tertiary/aromatic N) is 3. The molecule has 2 aliphatic rings. The molecule has 1 saturated carbocycles. The van der Waals surface area contributed by atoms with Crippen LogP contribution in [0.25, 0.3) is 0 Å². The van der Waals surface area contributed by atoms with E-state index in [0.717, 1.165) is 36.1 Å². The Morgan fingerprint density at radius 2 is 1.86 bits per heavy atom. The summed E-state index contributed by atoms with van der Waals surface area (Å²) in [5.74, 6) is 1.39. The van der Waals surface area contributed by atoms with E-state index in [-0.39, 0.29) is 5.91 Å². The highest BCUT2D eigenvalue weighted by atomic mass is 16.5. The second-order valence-electron chi connectivity index (χ2n) is 5.86. The summed E-state index contributed by atoms with van der Waals surface area (Å²) in [4.78, 5) is 23.2. The SMILES string of the molecule is Cc1nc(N2CCOCC2)nc(C)c1NC(=O)CC1CC1. The highest BCUT2D eigenvalue weighted by Crippen LogP contribution is 2.33. The van der Waals surface area contributed by atoms with Gasteiger partial charge in [-0.3, -0.25) is 4.79 Å². The smallest absolute Gasteiger partial charge is 0.226 e. The minimum atomic E-state index is 0.0754. The number of hydrogen-bond acceptors (Lipinski definition) is 5. The van der Waals surface area contributed by atoms with Gasteiger partial charge in [0.2, 0.25) is 11.9 Å². The molecule has 0 spiro atoms. The van der Waals surface area contributed by atoms with Crippen molar-refractivity contribution >= 4 is 17.5 Å². The van der Waals surface area contributed by atoms with Crippen molar-refractivity contribution in [2.24, 2.45) is 5.92 Å². The first-order chi connectivity index (χ1) is 10.1. The van der Waals surface area contributed by atoms with Crippen LogP contribution in [-0.4, -0.2) is 42.2 Å². The van der Waals surface area contributed by atoms with E-state index < -0.39 is 0 Å². The fraction of sp³-hybridized carbons (Fsp3) is 0.667. The molecule has 0 atom stereocenters. The van der Waals surface area contributed by atoms with Crippen LogP contribution in [0.1, 0.15) is 30.7 Å². The van der Waals surface area contributed by atoms with Crippen LogP contribution < -0.4 is 10.2 Å². The third-order valence-corrected chi connectivity index (χ3v) is 3.99. The Bertz CT molecular complexity index is 513. The van der Waals surface area contributed by atoms with Crippen LogP contribution in [0.15, 0.2) is 0 Å². The van der Waals surface area contributed by atoms with Gasteiger partial charge in [0.15, 0.2) is 0 Å². The molecule has 0 radical (unpaired) electrons. The fourth-order valence-corrected chi connectivity index (χ4v) is 2.56. The number of amides is 1. The topological polar surface area (TPSA) is 67.3 Å². The third kappa shape index (κ3) is 3.50. The average molecular weight is 290 g/mol. The molecular weight excluding hydrogens is 268 g/mol. The van der Waals surface area contributed by atoms with E-state index in [9.17, 15) is 4.79 Å². The number of anilines is 2. The Hall–Kier alpha value is -1.69. The van der Waals surface area contributed by atoms with Gasteiger partial charge in [-0.2, -0.15) is 0 Å². The quantitative estimate of drug-likeness (QED) is 0.913. The molecule has 21 heavy (non-hydrogen) atoms. The minimum absolute atomic E-state index is 0.0754. The number of carbonyl (C=O) groups excluding carboxylic acids is 1. The van der Waals surface area contributed by atoms with Crippen molar-refractivity contribution in [3.63, 3.8) is 0 Å². The molecule has 1 N–H and O–H groups in total. The van der Waals surface area contributed by atoms with E-state index >= 15 is 0 Å². The van der Waals surface area contributed by atoms with Crippen molar-refractivity contribution in [1.82, 2.24) is 9.97 Å². The van der Waals surface area contributed by atoms with E-state index in [1.54, 1.807) is 0 Å². The summed E-state index contributed by atoms with van der Waals surface area (Å²) in [6.07, 6.45) is 2.97. The standard InChI is InChI=1S/C15H22N4O2/c1-10-14(18-13(20)9-12-3-4-12)11(2)17-15(16-10)19-5-7-21-8-6-19/h12H,3-9H2,1-2H3,(H,18,20). The molecular formula is C15H22N4O2. The maximum atomic E-state index is 12.0. The number of hydrogen-bond donors (Lipinski definition) is 1. The Morgan fingerprint density at radius 3 is 2.43 bits per heavy atom. The van der Waals surface area contributed by atoms with Gasteiger partial charge in [-0.05, 0) is 32.6 Å². The number of aryl methyl sites for hydroxylation is 2. The van der Waals surface area contributed by atoms with E-state index in [1.807, 2.05) is 13.8 Å². The van der Waals surface area contributed by atoms with Gasteiger partial charge in [0.25, 0.3) is 0 Å². The molecule has 1 amide bonds. The molecule has 0 unspecified atom stereocenters. The highest BCUT2D eigenvalue weighted by Gasteiger charge is 2.25. The lowest BCUT2D eigenvalue weighted by atomic mass is 10.2. The highest BCUT2D eigenvalue weighted by molar-refractivity contribution is 5.92. The first-order valence-electron chi connectivity index (χ1n) is 7.61. The summed E-state index contributed by atoms with van der Waals surface area (Å²) < 4.78 is 5.35. The molecule has 3 rings (SSSR count). The first kappa shape index (κ1) is 14.3. The summed E-state index contributed by atoms with van der Waals surface area (Å²) in [6, 6.07) is 0. The lowest BCUT2D eigenvalue weighted by Crippen LogP contribution is -2.37. The maximum Gasteiger partial charge on any atom is 0.226 e. The summed E-state index contributed by atoms with van der Waals surface area (Å²) in [7, 11) is 0. The number of nitrogens with one attached hydrogen (secondary N) is 1. The van der Waals surface area contributed by atoms with Crippen molar-refractivity contribution in [1.29, 1.82) is 0 Å². The Morgan fingerprint density at radius 1 is 1.24 bits per heavy atom. The van der Waals surface area contributed by atoms with E-state index in [4.69, 9.17) is 4.74 Å².